The van der Waals surface area contributed by atoms with E-state index in [1.54, 1.807) is 0 Å². The number of amides is 3. The van der Waals surface area contributed by atoms with Crippen molar-refractivity contribution in [2.75, 3.05) is 13.1 Å². The van der Waals surface area contributed by atoms with Gasteiger partial charge in [0.05, 0.1) is 18.6 Å². The molecule has 12 N–H and O–H groups in total. The molecule has 0 bridgehead atoms. The quantitative estimate of drug-likeness (QED) is 0.0872. The van der Waals surface area contributed by atoms with Crippen LogP contribution in [0.1, 0.15) is 51.9 Å². The molecule has 0 aliphatic rings. The Balaban J connectivity index is 5.32. The molecule has 0 rings (SSSR count). The summed E-state index contributed by atoms with van der Waals surface area (Å²) in [6, 6.07) is -5.47. The Bertz CT molecular complexity index is 690. The van der Waals surface area contributed by atoms with Gasteiger partial charge in [0, 0.05) is 0 Å². The summed E-state index contributed by atoms with van der Waals surface area (Å²) in [6.07, 6.45) is 0.250. The van der Waals surface area contributed by atoms with Crippen LogP contribution in [0, 0.1) is 0 Å². The van der Waals surface area contributed by atoms with Crippen LogP contribution in [0.2, 0.25) is 0 Å². The van der Waals surface area contributed by atoms with E-state index in [0.717, 1.165) is 0 Å². The maximum absolute atomic E-state index is 12.7. The molecule has 0 fully saturated rings. The summed E-state index contributed by atoms with van der Waals surface area (Å²) >= 11 is 0. The molecule has 0 aliphatic carbocycles. The predicted molar refractivity (Wildman–Crippen MR) is 121 cm³/mol. The van der Waals surface area contributed by atoms with E-state index in [-0.39, 0.29) is 6.42 Å². The van der Waals surface area contributed by atoms with Gasteiger partial charge in [0.15, 0.2) is 0 Å². The number of carbonyl (C=O) groups excluding carboxylic acids is 3. The zero-order chi connectivity index (χ0) is 26.3. The average Bonchev–Trinajstić information content (AvgIpc) is 2.75. The molecular formula is C20H38N6O8. The minimum Gasteiger partial charge on any atom is -0.481 e. The van der Waals surface area contributed by atoms with Crippen LogP contribution in [-0.2, 0) is 24.0 Å². The number of aliphatic carboxylic acids is 2. The first-order chi connectivity index (χ1) is 15.9. The highest BCUT2D eigenvalue weighted by atomic mass is 16.4. The molecule has 0 saturated carbocycles. The van der Waals surface area contributed by atoms with Gasteiger partial charge in [0.1, 0.15) is 18.1 Å². The van der Waals surface area contributed by atoms with Crippen LogP contribution in [0.5, 0.6) is 0 Å². The van der Waals surface area contributed by atoms with Crippen molar-refractivity contribution in [2.45, 2.75) is 82.1 Å². The molecule has 5 atom stereocenters. The summed E-state index contributed by atoms with van der Waals surface area (Å²) in [6.45, 7) is 1.98. The topological polar surface area (TPSA) is 260 Å². The van der Waals surface area contributed by atoms with Crippen molar-refractivity contribution in [3.8, 4) is 0 Å². The number of nitrogens with one attached hydrogen (secondary N) is 3. The van der Waals surface area contributed by atoms with Crippen LogP contribution in [0.4, 0.5) is 0 Å². The highest BCUT2D eigenvalue weighted by Gasteiger charge is 2.33. The van der Waals surface area contributed by atoms with Gasteiger partial charge in [-0.15, -0.1) is 0 Å². The second-order valence-corrected chi connectivity index (χ2v) is 7.96. The van der Waals surface area contributed by atoms with E-state index in [1.807, 2.05) is 0 Å². The summed E-state index contributed by atoms with van der Waals surface area (Å²) in [5, 5.41) is 35.1. The first kappa shape index (κ1) is 31.2. The third-order valence-electron chi connectivity index (χ3n) is 4.94. The Kier molecular flexibility index (Phi) is 15.4. The van der Waals surface area contributed by atoms with Gasteiger partial charge in [-0.25, -0.2) is 4.79 Å². The van der Waals surface area contributed by atoms with Crippen LogP contribution in [0.25, 0.3) is 0 Å². The lowest BCUT2D eigenvalue weighted by atomic mass is 10.1. The van der Waals surface area contributed by atoms with E-state index in [4.69, 9.17) is 22.3 Å². The lowest BCUT2D eigenvalue weighted by molar-refractivity contribution is -0.144. The number of aliphatic hydroxyl groups excluding tert-OH is 1. The number of carbonyl (C=O) groups is 5. The van der Waals surface area contributed by atoms with Gasteiger partial charge in [-0.2, -0.15) is 0 Å². The molecule has 34 heavy (non-hydrogen) atoms. The van der Waals surface area contributed by atoms with Crippen LogP contribution in [-0.4, -0.2) is 88.3 Å². The van der Waals surface area contributed by atoms with Gasteiger partial charge >= 0.3 is 11.9 Å². The minimum absolute atomic E-state index is 0.0560. The number of aliphatic hydroxyl groups is 1. The molecule has 14 heteroatoms. The molecule has 0 aromatic heterocycles. The molecule has 0 aromatic carbocycles. The highest BCUT2D eigenvalue weighted by molar-refractivity contribution is 5.95. The fourth-order valence-corrected chi connectivity index (χ4v) is 2.97. The number of nitrogens with two attached hydrogens (primary N) is 3. The SMILES string of the molecule is CC(O)C(NC(=O)C(N)CCCCN)C(=O)NC(CC(=O)O)C(=O)NC(CCCCN)C(=O)O. The highest BCUT2D eigenvalue weighted by Crippen LogP contribution is 2.05. The predicted octanol–water partition coefficient (Wildman–Crippen LogP) is -3.03. The summed E-state index contributed by atoms with van der Waals surface area (Å²) in [4.78, 5) is 60.2. The smallest absolute Gasteiger partial charge is 0.326 e. The summed E-state index contributed by atoms with van der Waals surface area (Å²) in [5.41, 5.74) is 16.6. The number of carboxylic acid groups (broad SMARTS) is 2. The van der Waals surface area contributed by atoms with Gasteiger partial charge in [-0.1, -0.05) is 6.42 Å². The van der Waals surface area contributed by atoms with Gasteiger partial charge in [-0.3, -0.25) is 19.2 Å². The van der Waals surface area contributed by atoms with Crippen molar-refractivity contribution >= 4 is 29.7 Å². The van der Waals surface area contributed by atoms with Crippen molar-refractivity contribution in [1.82, 2.24) is 16.0 Å². The molecule has 5 unspecified atom stereocenters. The van der Waals surface area contributed by atoms with Crippen LogP contribution in [0.15, 0.2) is 0 Å². The van der Waals surface area contributed by atoms with E-state index in [1.165, 1.54) is 6.92 Å². The van der Waals surface area contributed by atoms with Crippen LogP contribution in [0.3, 0.4) is 0 Å². The molecule has 0 spiro atoms. The Hall–Kier alpha value is -2.81. The second-order valence-electron chi connectivity index (χ2n) is 7.96. The summed E-state index contributed by atoms with van der Waals surface area (Å²) < 4.78 is 0. The zero-order valence-electron chi connectivity index (χ0n) is 19.4. The minimum atomic E-state index is -1.65. The number of carboxylic acids is 2. The lowest BCUT2D eigenvalue weighted by Gasteiger charge is -2.26. The zero-order valence-corrected chi connectivity index (χ0v) is 19.4. The van der Waals surface area contributed by atoms with E-state index >= 15 is 0 Å². The van der Waals surface area contributed by atoms with E-state index < -0.39 is 66.4 Å². The van der Waals surface area contributed by atoms with E-state index in [2.05, 4.69) is 16.0 Å². The van der Waals surface area contributed by atoms with Crippen molar-refractivity contribution in [3.05, 3.63) is 0 Å². The number of hydrogen-bond donors (Lipinski definition) is 9. The lowest BCUT2D eigenvalue weighted by Crippen LogP contribution is -2.60. The van der Waals surface area contributed by atoms with Gasteiger partial charge < -0.3 is 48.5 Å². The standard InChI is InChI=1S/C20H38N6O8/c1-11(27)16(26-17(30)12(23)6-2-4-8-21)19(32)25-14(10-15(28)29)18(31)24-13(20(33)34)7-3-5-9-22/h11-14,16,27H,2-10,21-23H2,1H3,(H,24,31)(H,25,32)(H,26,30)(H,28,29)(H,33,34). The first-order valence-electron chi connectivity index (χ1n) is 11.1. The van der Waals surface area contributed by atoms with Crippen LogP contribution >= 0.6 is 0 Å². The van der Waals surface area contributed by atoms with Crippen molar-refractivity contribution < 1.29 is 39.3 Å². The summed E-state index contributed by atoms with van der Waals surface area (Å²) in [7, 11) is 0. The van der Waals surface area contributed by atoms with Gasteiger partial charge in [0.2, 0.25) is 17.7 Å². The maximum Gasteiger partial charge on any atom is 0.326 e. The molecule has 0 heterocycles. The molecular weight excluding hydrogens is 452 g/mol. The third kappa shape index (κ3) is 12.4. The monoisotopic (exact) mass is 490 g/mol. The summed E-state index contributed by atoms with van der Waals surface area (Å²) in [5.74, 6) is -5.55. The normalized spacial score (nSPS) is 15.3. The van der Waals surface area contributed by atoms with Crippen LogP contribution < -0.4 is 33.2 Å². The number of rotatable bonds is 18. The van der Waals surface area contributed by atoms with Gasteiger partial charge in [0.25, 0.3) is 0 Å². The number of unbranched alkanes of at least 4 members (excludes halogenated alkanes) is 2. The largest absolute Gasteiger partial charge is 0.481 e. The maximum atomic E-state index is 12.7. The average molecular weight is 491 g/mol. The first-order valence-corrected chi connectivity index (χ1v) is 11.1. The molecule has 0 aliphatic heterocycles. The molecule has 3 amide bonds. The van der Waals surface area contributed by atoms with Crippen molar-refractivity contribution in [1.29, 1.82) is 0 Å². The van der Waals surface area contributed by atoms with Crippen molar-refractivity contribution in [2.24, 2.45) is 17.2 Å². The number of hydrogen-bond acceptors (Lipinski definition) is 9. The molecule has 0 aromatic rings. The Morgan fingerprint density at radius 3 is 1.76 bits per heavy atom. The van der Waals surface area contributed by atoms with Gasteiger partial charge in [-0.05, 0) is 52.1 Å². The molecule has 196 valence electrons. The third-order valence-corrected chi connectivity index (χ3v) is 4.94. The van der Waals surface area contributed by atoms with E-state index in [0.29, 0.717) is 45.2 Å². The molecule has 14 nitrogen and oxygen atoms in total. The van der Waals surface area contributed by atoms with E-state index in [9.17, 15) is 34.2 Å². The fourth-order valence-electron chi connectivity index (χ4n) is 2.97. The molecule has 0 radical (unpaired) electrons. The second kappa shape index (κ2) is 16.7. The Labute approximate surface area is 198 Å². The Morgan fingerprint density at radius 1 is 0.765 bits per heavy atom. The fraction of sp³-hybridized carbons (Fsp3) is 0.750. The Morgan fingerprint density at radius 2 is 1.29 bits per heavy atom. The van der Waals surface area contributed by atoms with Crippen molar-refractivity contribution in [3.63, 3.8) is 0 Å². The molecule has 0 saturated heterocycles.